The molecule has 3 aromatic rings. The summed E-state index contributed by atoms with van der Waals surface area (Å²) in [6.45, 7) is 6.08. The predicted molar refractivity (Wildman–Crippen MR) is 112 cm³/mol. The first kappa shape index (κ1) is 19.5. The van der Waals surface area contributed by atoms with Crippen molar-refractivity contribution in [3.63, 3.8) is 0 Å². The molecule has 1 aromatic heterocycles. The van der Waals surface area contributed by atoms with Gasteiger partial charge in [-0.25, -0.2) is 4.98 Å². The zero-order chi connectivity index (χ0) is 19.6. The van der Waals surface area contributed by atoms with Gasteiger partial charge in [-0.15, -0.1) is 0 Å². The van der Waals surface area contributed by atoms with Gasteiger partial charge in [-0.2, -0.15) is 0 Å². The maximum atomic E-state index is 12.7. The summed E-state index contributed by atoms with van der Waals surface area (Å²) in [7, 11) is 0. The Bertz CT molecular complexity index is 1060. The van der Waals surface area contributed by atoms with E-state index in [0.29, 0.717) is 33.3 Å². The third kappa shape index (κ3) is 4.17. The quantitative estimate of drug-likeness (QED) is 0.505. The first-order valence-electron chi connectivity index (χ1n) is 8.64. The van der Waals surface area contributed by atoms with Crippen LogP contribution in [0.3, 0.4) is 0 Å². The number of hydrogen-bond acceptors (Lipinski definition) is 4. The second kappa shape index (κ2) is 8.15. The van der Waals surface area contributed by atoms with E-state index in [2.05, 4.69) is 10.3 Å². The van der Waals surface area contributed by atoms with Gasteiger partial charge >= 0.3 is 0 Å². The fourth-order valence-corrected chi connectivity index (χ4v) is 3.84. The molecule has 0 aliphatic rings. The summed E-state index contributed by atoms with van der Waals surface area (Å²) in [5, 5.41) is 4.14. The Balaban J connectivity index is 1.87. The Kier molecular flexibility index (Phi) is 5.87. The largest absolute Gasteiger partial charge is 0.325 e. The van der Waals surface area contributed by atoms with Gasteiger partial charge in [-0.3, -0.25) is 14.2 Å². The van der Waals surface area contributed by atoms with Crippen LogP contribution in [0, 0.1) is 6.92 Å². The zero-order valence-electron chi connectivity index (χ0n) is 15.3. The van der Waals surface area contributed by atoms with Crippen molar-refractivity contribution in [3.8, 4) is 0 Å². The van der Waals surface area contributed by atoms with E-state index in [-0.39, 0.29) is 11.5 Å². The second-order valence-electron chi connectivity index (χ2n) is 6.17. The summed E-state index contributed by atoms with van der Waals surface area (Å²) in [4.78, 5) is 29.9. The Morgan fingerprint density at radius 2 is 2.04 bits per heavy atom. The summed E-state index contributed by atoms with van der Waals surface area (Å²) >= 11 is 7.29. The number of aromatic nitrogens is 2. The Morgan fingerprint density at radius 3 is 2.78 bits per heavy atom. The van der Waals surface area contributed by atoms with Crippen molar-refractivity contribution in [1.29, 1.82) is 0 Å². The van der Waals surface area contributed by atoms with E-state index in [4.69, 9.17) is 11.6 Å². The molecular weight excluding hydrogens is 382 g/mol. The summed E-state index contributed by atoms with van der Waals surface area (Å²) in [5.41, 5.74) is 2.15. The van der Waals surface area contributed by atoms with Crippen molar-refractivity contribution in [2.45, 2.75) is 37.7 Å². The minimum Gasteiger partial charge on any atom is -0.325 e. The normalized spacial score (nSPS) is 12.1. The lowest BCUT2D eigenvalue weighted by atomic mass is 10.2. The highest BCUT2D eigenvalue weighted by Crippen LogP contribution is 2.25. The first-order chi connectivity index (χ1) is 12.9. The number of rotatable bonds is 5. The van der Waals surface area contributed by atoms with E-state index >= 15 is 0 Å². The molecule has 27 heavy (non-hydrogen) atoms. The molecule has 0 radical (unpaired) electrons. The van der Waals surface area contributed by atoms with Gasteiger partial charge in [-0.05, 0) is 50.6 Å². The van der Waals surface area contributed by atoms with Crippen LogP contribution in [0.25, 0.3) is 10.9 Å². The standard InChI is InChI=1S/C20H20ClN3O2S/c1-4-24-19(26)15-7-5-6-8-16(15)23-20(24)27-13(3)18(25)22-17-11-14(21)10-9-12(17)2/h5-11,13H,4H2,1-3H3,(H,22,25). The van der Waals surface area contributed by atoms with Gasteiger partial charge in [0.25, 0.3) is 5.56 Å². The van der Waals surface area contributed by atoms with Crippen molar-refractivity contribution < 1.29 is 4.79 Å². The molecule has 0 saturated heterocycles. The molecule has 1 amide bonds. The number of aryl methyl sites for hydroxylation is 1. The number of para-hydroxylation sites is 1. The molecule has 1 N–H and O–H groups in total. The van der Waals surface area contributed by atoms with E-state index in [1.165, 1.54) is 11.8 Å². The molecule has 7 heteroatoms. The van der Waals surface area contributed by atoms with Crippen LogP contribution in [0.1, 0.15) is 19.4 Å². The van der Waals surface area contributed by atoms with Gasteiger partial charge in [0.2, 0.25) is 5.91 Å². The summed E-state index contributed by atoms with van der Waals surface area (Å²) in [5.74, 6) is -0.171. The van der Waals surface area contributed by atoms with E-state index < -0.39 is 5.25 Å². The predicted octanol–water partition coefficient (Wildman–Crippen LogP) is 4.50. The lowest BCUT2D eigenvalue weighted by Crippen LogP contribution is -2.26. The number of hydrogen-bond donors (Lipinski definition) is 1. The number of halogens is 1. The number of benzene rings is 2. The summed E-state index contributed by atoms with van der Waals surface area (Å²) < 4.78 is 1.60. The lowest BCUT2D eigenvalue weighted by Gasteiger charge is -2.16. The van der Waals surface area contributed by atoms with Gasteiger partial charge in [0.15, 0.2) is 5.16 Å². The molecule has 0 aliphatic heterocycles. The van der Waals surface area contributed by atoms with E-state index in [1.54, 1.807) is 35.8 Å². The highest BCUT2D eigenvalue weighted by Gasteiger charge is 2.19. The average Bonchev–Trinajstić information content (AvgIpc) is 2.65. The van der Waals surface area contributed by atoms with Crippen molar-refractivity contribution in [3.05, 3.63) is 63.4 Å². The summed E-state index contributed by atoms with van der Waals surface area (Å²) in [6.07, 6.45) is 0. The molecule has 140 valence electrons. The van der Waals surface area contributed by atoms with Gasteiger partial charge in [0, 0.05) is 17.3 Å². The Hall–Kier alpha value is -2.31. The number of anilines is 1. The first-order valence-corrected chi connectivity index (χ1v) is 9.89. The van der Waals surface area contributed by atoms with Crippen LogP contribution in [0.15, 0.2) is 52.4 Å². The molecule has 0 bridgehead atoms. The molecular formula is C20H20ClN3O2S. The third-order valence-electron chi connectivity index (χ3n) is 4.25. The van der Waals surface area contributed by atoms with Gasteiger partial charge in [-0.1, -0.05) is 41.6 Å². The van der Waals surface area contributed by atoms with Crippen molar-refractivity contribution >= 4 is 45.9 Å². The number of thioether (sulfide) groups is 1. The Labute approximate surface area is 166 Å². The van der Waals surface area contributed by atoms with Gasteiger partial charge < -0.3 is 5.32 Å². The van der Waals surface area contributed by atoms with Crippen LogP contribution in [0.2, 0.25) is 5.02 Å². The lowest BCUT2D eigenvalue weighted by molar-refractivity contribution is -0.115. The smallest absolute Gasteiger partial charge is 0.262 e. The topological polar surface area (TPSA) is 64.0 Å². The van der Waals surface area contributed by atoms with Crippen LogP contribution in [-0.2, 0) is 11.3 Å². The molecule has 5 nitrogen and oxygen atoms in total. The molecule has 1 atom stereocenters. The fourth-order valence-electron chi connectivity index (χ4n) is 2.69. The summed E-state index contributed by atoms with van der Waals surface area (Å²) in [6, 6.07) is 12.6. The Morgan fingerprint density at radius 1 is 1.30 bits per heavy atom. The monoisotopic (exact) mass is 401 g/mol. The zero-order valence-corrected chi connectivity index (χ0v) is 16.9. The minimum absolute atomic E-state index is 0.0936. The number of nitrogens with zero attached hydrogens (tertiary/aromatic N) is 2. The van der Waals surface area contributed by atoms with Crippen LogP contribution >= 0.6 is 23.4 Å². The molecule has 1 heterocycles. The van der Waals surface area contributed by atoms with Crippen LogP contribution in [0.4, 0.5) is 5.69 Å². The van der Waals surface area contributed by atoms with Gasteiger partial charge in [0.05, 0.1) is 16.2 Å². The van der Waals surface area contributed by atoms with Crippen LogP contribution in [-0.4, -0.2) is 20.7 Å². The second-order valence-corrected chi connectivity index (χ2v) is 7.91. The molecule has 3 rings (SSSR count). The van der Waals surface area contributed by atoms with Crippen LogP contribution in [0.5, 0.6) is 0 Å². The van der Waals surface area contributed by atoms with Gasteiger partial charge in [0.1, 0.15) is 0 Å². The molecule has 2 aromatic carbocycles. The highest BCUT2D eigenvalue weighted by molar-refractivity contribution is 8.00. The molecule has 1 unspecified atom stereocenters. The number of carbonyl (C=O) groups is 1. The van der Waals surface area contributed by atoms with E-state index in [1.807, 2.05) is 32.0 Å². The van der Waals surface area contributed by atoms with Crippen molar-refractivity contribution in [1.82, 2.24) is 9.55 Å². The molecule has 0 fully saturated rings. The third-order valence-corrected chi connectivity index (χ3v) is 5.58. The number of nitrogens with one attached hydrogen (secondary N) is 1. The molecule has 0 spiro atoms. The maximum Gasteiger partial charge on any atom is 0.262 e. The number of carbonyl (C=O) groups excluding carboxylic acids is 1. The number of fused-ring (bicyclic) bond motifs is 1. The SMILES string of the molecule is CCn1c(SC(C)C(=O)Nc2cc(Cl)ccc2C)nc2ccccc2c1=O. The molecule has 0 aliphatic carbocycles. The van der Waals surface area contributed by atoms with Crippen molar-refractivity contribution in [2.75, 3.05) is 5.32 Å². The maximum absolute atomic E-state index is 12.7. The van der Waals surface area contributed by atoms with Crippen LogP contribution < -0.4 is 10.9 Å². The van der Waals surface area contributed by atoms with E-state index in [9.17, 15) is 9.59 Å². The molecule has 0 saturated carbocycles. The van der Waals surface area contributed by atoms with Crippen molar-refractivity contribution in [2.24, 2.45) is 0 Å². The fraction of sp³-hybridized carbons (Fsp3) is 0.250. The van der Waals surface area contributed by atoms with E-state index in [0.717, 1.165) is 5.56 Å². The number of amides is 1. The minimum atomic E-state index is -0.436. The average molecular weight is 402 g/mol. The highest BCUT2D eigenvalue weighted by atomic mass is 35.5.